The van der Waals surface area contributed by atoms with E-state index < -0.39 is 286 Å². The summed E-state index contributed by atoms with van der Waals surface area (Å²) in [7, 11) is 0. The van der Waals surface area contributed by atoms with Crippen LogP contribution in [0.5, 0.6) is 0 Å². The number of furan rings is 1. The van der Waals surface area contributed by atoms with E-state index in [1.54, 1.807) is 0 Å². The summed E-state index contributed by atoms with van der Waals surface area (Å²) in [4.78, 5) is 0. The van der Waals surface area contributed by atoms with Crippen molar-refractivity contribution in [2.24, 2.45) is 0 Å². The van der Waals surface area contributed by atoms with Gasteiger partial charge < -0.3 is 4.42 Å². The first-order chi connectivity index (χ1) is 37.3. The molecule has 0 aliphatic heterocycles. The zero-order chi connectivity index (χ0) is 59.1. The van der Waals surface area contributed by atoms with Crippen molar-refractivity contribution in [2.45, 2.75) is 6.42 Å². The molecule has 0 aliphatic carbocycles. The molecule has 10 rings (SSSR count). The predicted octanol–water partition coefficient (Wildman–Crippen LogP) is 13.6. The molecule has 1 heterocycles. The number of fused-ring (bicyclic) bond motifs is 6. The van der Waals surface area contributed by atoms with Crippen LogP contribution in [0.4, 0.5) is 0 Å². The first kappa shape index (κ1) is 11.6. The molecule has 0 spiro atoms. The van der Waals surface area contributed by atoms with Crippen LogP contribution in [-0.4, -0.2) is 0 Å². The molecule has 0 fully saturated rings. The molecule has 9 aromatic carbocycles. The highest BCUT2D eigenvalue weighted by atomic mass is 16.3. The maximum Gasteiger partial charge on any atom is 0.136 e. The van der Waals surface area contributed by atoms with E-state index in [1.165, 1.54) is 0 Å². The molecule has 10 aromatic rings. The monoisotopic (exact) mass is 666 g/mol. The van der Waals surface area contributed by atoms with Crippen LogP contribution in [0.15, 0.2) is 186 Å². The van der Waals surface area contributed by atoms with Gasteiger partial charge in [0.25, 0.3) is 0 Å². The highest BCUT2D eigenvalue weighted by Crippen LogP contribution is 2.43. The highest BCUT2D eigenvalue weighted by molar-refractivity contribution is 6.17. The topological polar surface area (TPSA) is 13.1 Å². The number of benzene rings is 9. The largest absolute Gasteiger partial charge is 0.456 e. The van der Waals surface area contributed by atoms with Gasteiger partial charge in [0.05, 0.1) is 41.1 Å². The normalized spacial score (nSPS) is 20.1. The standard InChI is InChI=1S/C49H32O/c1-2-14-33(15-3-1)39-24-12-26-46-49(39)48-38(19-11-25-45(48)50-46)31-44-40-20-6-8-22-42(40)47(43-23-9-7-21-41(43)44)37-18-10-17-35(30-37)36-28-27-32-13-4-5-16-34(32)29-36/h1-30H,31H2/i1D,2D,3D,4D,5D,6D,7D,8D,9D,10D,11D,12D,13D,14D,15D,16D,17D,18D,19D,20D,21D,22D,23D,24D,25D,26D,27D,28D,29D,30D. The summed E-state index contributed by atoms with van der Waals surface area (Å²) >= 11 is 0. The average molecular weight is 667 g/mol. The van der Waals surface area contributed by atoms with Gasteiger partial charge in [-0.2, -0.15) is 0 Å². The van der Waals surface area contributed by atoms with Crippen molar-refractivity contribution in [3.63, 3.8) is 0 Å². The molecule has 234 valence electrons. The molecule has 50 heavy (non-hydrogen) atoms. The molecule has 0 atom stereocenters. The summed E-state index contributed by atoms with van der Waals surface area (Å²) in [5, 5.41) is -4.87. The fourth-order valence-electron chi connectivity index (χ4n) is 6.07. The molecular formula is C49H32O. The summed E-state index contributed by atoms with van der Waals surface area (Å²) in [5.41, 5.74) is -6.86. The summed E-state index contributed by atoms with van der Waals surface area (Å²) in [6.07, 6.45) is -0.974. The van der Waals surface area contributed by atoms with Crippen LogP contribution >= 0.6 is 0 Å². The minimum Gasteiger partial charge on any atom is -0.456 e. The molecule has 1 aromatic heterocycles. The molecule has 0 bridgehead atoms. The van der Waals surface area contributed by atoms with Gasteiger partial charge in [-0.3, -0.25) is 0 Å². The quantitative estimate of drug-likeness (QED) is 0.167. The van der Waals surface area contributed by atoms with Crippen molar-refractivity contribution in [1.29, 1.82) is 0 Å². The Kier molecular flexibility index (Phi) is 2.69. The van der Waals surface area contributed by atoms with Crippen LogP contribution in [0.1, 0.15) is 52.2 Å². The first-order valence-electron chi connectivity index (χ1n) is 29.9. The predicted molar refractivity (Wildman–Crippen MR) is 212 cm³/mol. The Balaban J connectivity index is 1.44. The van der Waals surface area contributed by atoms with E-state index in [2.05, 4.69) is 0 Å². The lowest BCUT2D eigenvalue weighted by molar-refractivity contribution is 0.669. The fraction of sp³-hybridized carbons (Fsp3) is 0.0204. The zero-order valence-electron chi connectivity index (χ0n) is 55.1. The fourth-order valence-corrected chi connectivity index (χ4v) is 6.07. The second-order valence-corrected chi connectivity index (χ2v) is 10.9. The minimum absolute atomic E-state index is 0.454. The molecule has 1 heteroatoms. The van der Waals surface area contributed by atoms with E-state index in [0.717, 1.165) is 0 Å². The molecule has 1 nitrogen and oxygen atoms in total. The van der Waals surface area contributed by atoms with Crippen LogP contribution in [-0.2, 0) is 6.42 Å². The Bertz CT molecular complexity index is 4510. The van der Waals surface area contributed by atoms with Crippen LogP contribution in [0.25, 0.3) is 87.6 Å². The van der Waals surface area contributed by atoms with E-state index in [1.807, 2.05) is 0 Å². The second kappa shape index (κ2) is 11.6. The lowest BCUT2D eigenvalue weighted by Gasteiger charge is -2.18. The maximum absolute atomic E-state index is 9.83. The molecule has 0 saturated heterocycles. The first-order valence-corrected chi connectivity index (χ1v) is 14.9. The van der Waals surface area contributed by atoms with Gasteiger partial charge >= 0.3 is 0 Å². The van der Waals surface area contributed by atoms with Crippen molar-refractivity contribution in [2.75, 3.05) is 0 Å². The van der Waals surface area contributed by atoms with Crippen LogP contribution in [0, 0.1) is 0 Å². The van der Waals surface area contributed by atoms with Crippen molar-refractivity contribution in [1.82, 2.24) is 0 Å². The van der Waals surface area contributed by atoms with Gasteiger partial charge in [-0.15, -0.1) is 0 Å². The van der Waals surface area contributed by atoms with Crippen LogP contribution in [0.3, 0.4) is 0 Å². The van der Waals surface area contributed by atoms with E-state index in [9.17, 15) is 11.0 Å². The number of hydrogen-bond donors (Lipinski definition) is 0. The Labute approximate surface area is 332 Å². The van der Waals surface area contributed by atoms with Crippen molar-refractivity contribution < 1.29 is 45.5 Å². The van der Waals surface area contributed by atoms with E-state index >= 15 is 0 Å². The highest BCUT2D eigenvalue weighted by Gasteiger charge is 2.20. The van der Waals surface area contributed by atoms with E-state index in [-0.39, 0.29) is 0 Å². The smallest absolute Gasteiger partial charge is 0.136 e. The molecule has 0 aliphatic rings. The van der Waals surface area contributed by atoms with Gasteiger partial charge in [0, 0.05) is 10.8 Å². The van der Waals surface area contributed by atoms with Gasteiger partial charge in [-0.05, 0) is 107 Å². The number of hydrogen-bond acceptors (Lipinski definition) is 1. The van der Waals surface area contributed by atoms with E-state index in [0.29, 0.717) is 0 Å². The molecule has 0 saturated carbocycles. The lowest BCUT2D eigenvalue weighted by Crippen LogP contribution is -1.96. The molecule has 0 radical (unpaired) electrons. The summed E-state index contributed by atoms with van der Waals surface area (Å²) in [6, 6.07) is -27.8. The molecule has 0 unspecified atom stereocenters. The van der Waals surface area contributed by atoms with Crippen molar-refractivity contribution in [3.05, 3.63) is 192 Å². The minimum atomic E-state index is -1.08. The van der Waals surface area contributed by atoms with Gasteiger partial charge in [0.15, 0.2) is 0 Å². The lowest BCUT2D eigenvalue weighted by atomic mass is 9.85. The third kappa shape index (κ3) is 4.63. The summed E-state index contributed by atoms with van der Waals surface area (Å²) in [6.45, 7) is 0. The van der Waals surface area contributed by atoms with Gasteiger partial charge in [0.2, 0.25) is 0 Å². The van der Waals surface area contributed by atoms with Crippen LogP contribution < -0.4 is 0 Å². The SMILES string of the molecule is [2H]c1c([2H])c([2H])c(-c2c([2H])c([2H])c([2H])c3oc4c([2H])c([2H])c([2H])c(Cc5c6c([2H])c([2H])c([2H])c([2H])c6c(-c6c([2H])c([2H])c([2H])c(-c7c([2H])c([2H])c8c([2H])c([2H])c([2H])c([2H])c8c7[2H])c6[2H])c6c([2H])c([2H])c([2H])c([2H])c56)c4c23)c([2H])c1[2H]. The van der Waals surface area contributed by atoms with Crippen molar-refractivity contribution >= 4 is 54.3 Å². The maximum atomic E-state index is 9.83. The van der Waals surface area contributed by atoms with Gasteiger partial charge in [0.1, 0.15) is 11.2 Å². The summed E-state index contributed by atoms with van der Waals surface area (Å²) in [5.74, 6) is 0. The van der Waals surface area contributed by atoms with Crippen molar-refractivity contribution in [3.8, 4) is 33.4 Å². The Morgan fingerprint density at radius 3 is 1.76 bits per heavy atom. The number of rotatable bonds is 5. The third-order valence-electron chi connectivity index (χ3n) is 8.17. The third-order valence-corrected chi connectivity index (χ3v) is 8.17. The van der Waals surface area contributed by atoms with Gasteiger partial charge in [-0.1, -0.05) is 157 Å². The molecule has 0 amide bonds. The summed E-state index contributed by atoms with van der Waals surface area (Å²) < 4.78 is 276. The van der Waals surface area contributed by atoms with E-state index in [4.69, 9.17) is 34.6 Å². The zero-order valence-corrected chi connectivity index (χ0v) is 25.1. The second-order valence-electron chi connectivity index (χ2n) is 10.9. The molecular weight excluding hydrogens is 605 g/mol. The molecule has 0 N–H and O–H groups in total. The Morgan fingerprint density at radius 2 is 0.980 bits per heavy atom. The Hall–Kier alpha value is -6.44. The average Bonchev–Trinajstić information content (AvgIpc) is 3.34. The van der Waals surface area contributed by atoms with Crippen LogP contribution in [0.2, 0.25) is 0 Å². The van der Waals surface area contributed by atoms with Gasteiger partial charge in [-0.25, -0.2) is 0 Å². The Morgan fingerprint density at radius 1 is 0.400 bits per heavy atom.